The van der Waals surface area contributed by atoms with Gasteiger partial charge in [-0.05, 0) is 49.1 Å². The van der Waals surface area contributed by atoms with Crippen LogP contribution in [0.1, 0.15) is 42.0 Å². The number of benzene rings is 2. The average molecular weight is 340 g/mol. The van der Waals surface area contributed by atoms with Crippen molar-refractivity contribution in [1.29, 1.82) is 0 Å². The molecule has 2 bridgehead atoms. The second kappa shape index (κ2) is 4.88. The molecule has 0 amide bonds. The molecule has 1 aliphatic carbocycles. The molecule has 0 N–H and O–H groups in total. The Bertz CT molecular complexity index is 1180. The first-order valence-corrected chi connectivity index (χ1v) is 9.38. The van der Waals surface area contributed by atoms with Crippen molar-refractivity contribution < 1.29 is 4.42 Å². The lowest BCUT2D eigenvalue weighted by molar-refractivity contribution is 0.603. The van der Waals surface area contributed by atoms with Crippen molar-refractivity contribution in [2.75, 3.05) is 4.90 Å². The van der Waals surface area contributed by atoms with E-state index in [9.17, 15) is 0 Å². The highest BCUT2D eigenvalue weighted by atomic mass is 16.3. The van der Waals surface area contributed by atoms with Crippen molar-refractivity contribution in [3.8, 4) is 0 Å². The number of aromatic nitrogens is 1. The summed E-state index contributed by atoms with van der Waals surface area (Å²) in [5.41, 5.74) is 7.25. The SMILES string of the molecule is Cc1ccc2c(oc3ncccc32)c1N1C2CC(c3ccccc32)[C@@H]1C. The van der Waals surface area contributed by atoms with E-state index in [-0.39, 0.29) is 0 Å². The summed E-state index contributed by atoms with van der Waals surface area (Å²) in [5, 5.41) is 2.26. The topological polar surface area (TPSA) is 29.3 Å². The Morgan fingerprint density at radius 3 is 2.73 bits per heavy atom. The maximum atomic E-state index is 6.27. The van der Waals surface area contributed by atoms with Crippen molar-refractivity contribution in [3.05, 3.63) is 71.4 Å². The molecule has 1 fully saturated rings. The van der Waals surface area contributed by atoms with Gasteiger partial charge < -0.3 is 9.32 Å². The molecule has 1 saturated heterocycles. The summed E-state index contributed by atoms with van der Waals surface area (Å²) >= 11 is 0. The Labute approximate surface area is 152 Å². The maximum absolute atomic E-state index is 6.27. The van der Waals surface area contributed by atoms with Crippen molar-refractivity contribution in [2.24, 2.45) is 0 Å². The molecule has 128 valence electrons. The largest absolute Gasteiger partial charge is 0.436 e. The summed E-state index contributed by atoms with van der Waals surface area (Å²) in [6, 6.07) is 18.3. The molecule has 2 unspecified atom stereocenters. The third kappa shape index (κ3) is 1.66. The standard InChI is InChI=1S/C23H20N2O/c1-13-9-10-17-18-8-5-11-24-23(18)26-22(17)21(13)25-14(2)19-12-20(25)16-7-4-3-6-15(16)19/h3-11,14,19-20H,12H2,1-2H3/t14-,19?,20?/m0/s1. The van der Waals surface area contributed by atoms with E-state index in [0.717, 1.165) is 22.1 Å². The molecule has 0 saturated carbocycles. The Morgan fingerprint density at radius 1 is 1.00 bits per heavy atom. The molecule has 4 aromatic rings. The Hall–Kier alpha value is -2.81. The van der Waals surface area contributed by atoms with Crippen LogP contribution in [-0.2, 0) is 0 Å². The summed E-state index contributed by atoms with van der Waals surface area (Å²) in [7, 11) is 0. The van der Waals surface area contributed by atoms with Gasteiger partial charge in [0.05, 0.1) is 11.7 Å². The van der Waals surface area contributed by atoms with E-state index in [2.05, 4.69) is 66.2 Å². The number of fused-ring (bicyclic) bond motifs is 8. The van der Waals surface area contributed by atoms with Gasteiger partial charge >= 0.3 is 0 Å². The molecule has 1 aliphatic heterocycles. The number of furan rings is 1. The number of aryl methyl sites for hydroxylation is 1. The third-order valence-corrected chi connectivity index (χ3v) is 6.44. The lowest BCUT2D eigenvalue weighted by Gasteiger charge is -2.37. The van der Waals surface area contributed by atoms with E-state index >= 15 is 0 Å². The molecule has 3 heteroatoms. The minimum absolute atomic E-state index is 0.441. The third-order valence-electron chi connectivity index (χ3n) is 6.44. The van der Waals surface area contributed by atoms with Gasteiger partial charge in [0, 0.05) is 28.9 Å². The number of pyridine rings is 1. The zero-order valence-corrected chi connectivity index (χ0v) is 14.9. The molecule has 0 spiro atoms. The zero-order chi connectivity index (χ0) is 17.4. The molecular formula is C23H20N2O. The fourth-order valence-electron chi connectivity index (χ4n) is 5.28. The highest BCUT2D eigenvalue weighted by molar-refractivity contribution is 6.08. The summed E-state index contributed by atoms with van der Waals surface area (Å²) in [5.74, 6) is 0.605. The highest BCUT2D eigenvalue weighted by Crippen LogP contribution is 2.56. The van der Waals surface area contributed by atoms with Gasteiger partial charge in [-0.3, -0.25) is 0 Å². The maximum Gasteiger partial charge on any atom is 0.227 e. The molecule has 2 aromatic heterocycles. The van der Waals surface area contributed by atoms with E-state index in [0.29, 0.717) is 18.0 Å². The summed E-state index contributed by atoms with van der Waals surface area (Å²) in [6.07, 6.45) is 3.00. The van der Waals surface area contributed by atoms with Crippen molar-refractivity contribution in [2.45, 2.75) is 38.3 Å². The average Bonchev–Trinajstić information content (AvgIpc) is 3.32. The van der Waals surface area contributed by atoms with Gasteiger partial charge in [-0.15, -0.1) is 0 Å². The van der Waals surface area contributed by atoms with Crippen LogP contribution in [0.25, 0.3) is 22.1 Å². The number of nitrogens with zero attached hydrogens (tertiary/aromatic N) is 2. The Morgan fingerprint density at radius 2 is 1.85 bits per heavy atom. The van der Waals surface area contributed by atoms with E-state index in [1.807, 2.05) is 6.07 Å². The first-order chi connectivity index (χ1) is 12.7. The normalized spacial score (nSPS) is 23.9. The fourth-order valence-corrected chi connectivity index (χ4v) is 5.28. The molecule has 6 rings (SSSR count). The van der Waals surface area contributed by atoms with Gasteiger partial charge in [0.25, 0.3) is 0 Å². The number of anilines is 1. The molecule has 3 nitrogen and oxygen atoms in total. The smallest absolute Gasteiger partial charge is 0.227 e. The molecule has 0 radical (unpaired) electrons. The molecule has 2 aromatic carbocycles. The van der Waals surface area contributed by atoms with Gasteiger partial charge in [-0.1, -0.05) is 36.4 Å². The predicted octanol–water partition coefficient (Wildman–Crippen LogP) is 5.73. The fraction of sp³-hybridized carbons (Fsp3) is 0.261. The van der Waals surface area contributed by atoms with Crippen LogP contribution in [-0.4, -0.2) is 11.0 Å². The van der Waals surface area contributed by atoms with E-state index in [4.69, 9.17) is 4.42 Å². The van der Waals surface area contributed by atoms with Gasteiger partial charge in [0.15, 0.2) is 5.58 Å². The lowest BCUT2D eigenvalue weighted by atomic mass is 9.92. The molecule has 3 heterocycles. The van der Waals surface area contributed by atoms with Crippen LogP contribution >= 0.6 is 0 Å². The second-order valence-corrected chi connectivity index (χ2v) is 7.70. The molecule has 3 atom stereocenters. The van der Waals surface area contributed by atoms with E-state index in [1.165, 1.54) is 28.8 Å². The van der Waals surface area contributed by atoms with E-state index < -0.39 is 0 Å². The van der Waals surface area contributed by atoms with Gasteiger partial charge in [-0.2, -0.15) is 0 Å². The van der Waals surface area contributed by atoms with E-state index in [1.54, 1.807) is 6.20 Å². The minimum Gasteiger partial charge on any atom is -0.436 e. The highest BCUT2D eigenvalue weighted by Gasteiger charge is 2.48. The van der Waals surface area contributed by atoms with Crippen LogP contribution in [0.15, 0.2) is 59.1 Å². The molecule has 2 aliphatic rings. The minimum atomic E-state index is 0.441. The Kier molecular flexibility index (Phi) is 2.70. The zero-order valence-electron chi connectivity index (χ0n) is 14.9. The lowest BCUT2D eigenvalue weighted by Crippen LogP contribution is -2.35. The monoisotopic (exact) mass is 340 g/mol. The van der Waals surface area contributed by atoms with Crippen LogP contribution in [0.2, 0.25) is 0 Å². The summed E-state index contributed by atoms with van der Waals surface area (Å²) in [6.45, 7) is 4.56. The summed E-state index contributed by atoms with van der Waals surface area (Å²) < 4.78 is 6.27. The quantitative estimate of drug-likeness (QED) is 0.443. The summed E-state index contributed by atoms with van der Waals surface area (Å²) in [4.78, 5) is 7.04. The van der Waals surface area contributed by atoms with Crippen LogP contribution in [0.3, 0.4) is 0 Å². The first kappa shape index (κ1) is 14.4. The number of hydrogen-bond donors (Lipinski definition) is 0. The number of hydrogen-bond acceptors (Lipinski definition) is 3. The van der Waals surface area contributed by atoms with Crippen LogP contribution in [0, 0.1) is 6.92 Å². The Balaban J connectivity index is 1.63. The predicted molar refractivity (Wildman–Crippen MR) is 105 cm³/mol. The van der Waals surface area contributed by atoms with Gasteiger partial charge in [-0.25, -0.2) is 4.98 Å². The van der Waals surface area contributed by atoms with Gasteiger partial charge in [0.1, 0.15) is 0 Å². The first-order valence-electron chi connectivity index (χ1n) is 9.38. The second-order valence-electron chi connectivity index (χ2n) is 7.70. The molecular weight excluding hydrogens is 320 g/mol. The number of rotatable bonds is 1. The van der Waals surface area contributed by atoms with Crippen molar-refractivity contribution in [3.63, 3.8) is 0 Å². The van der Waals surface area contributed by atoms with Crippen LogP contribution in [0.5, 0.6) is 0 Å². The molecule has 26 heavy (non-hydrogen) atoms. The van der Waals surface area contributed by atoms with Crippen molar-refractivity contribution in [1.82, 2.24) is 4.98 Å². The van der Waals surface area contributed by atoms with Crippen molar-refractivity contribution >= 4 is 27.8 Å². The van der Waals surface area contributed by atoms with Crippen LogP contribution in [0.4, 0.5) is 5.69 Å². The van der Waals surface area contributed by atoms with Gasteiger partial charge in [0.2, 0.25) is 5.71 Å². The van der Waals surface area contributed by atoms with Crippen LogP contribution < -0.4 is 4.90 Å².